The predicted molar refractivity (Wildman–Crippen MR) is 105 cm³/mol. The van der Waals surface area contributed by atoms with Gasteiger partial charge in [-0.1, -0.05) is 30.3 Å². The summed E-state index contributed by atoms with van der Waals surface area (Å²) < 4.78 is 0. The van der Waals surface area contributed by atoms with Crippen molar-refractivity contribution in [1.82, 2.24) is 10.2 Å². The number of nitrogens with one attached hydrogen (secondary N) is 1. The largest absolute Gasteiger partial charge is 0.478 e. The lowest BCUT2D eigenvalue weighted by atomic mass is 9.71. The minimum absolute atomic E-state index is 0.296. The zero-order chi connectivity index (χ0) is 20.0. The molecule has 0 saturated carbocycles. The van der Waals surface area contributed by atoms with E-state index in [-0.39, 0.29) is 0 Å². The molecule has 148 valence electrons. The van der Waals surface area contributed by atoms with Crippen LogP contribution in [0.25, 0.3) is 0 Å². The Balaban J connectivity index is 0.000000279. The maximum atomic E-state index is 9.55. The third-order valence-corrected chi connectivity index (χ3v) is 5.68. The van der Waals surface area contributed by atoms with E-state index in [4.69, 9.17) is 10.2 Å². The summed E-state index contributed by atoms with van der Waals surface area (Å²) >= 11 is 0. The van der Waals surface area contributed by atoms with E-state index < -0.39 is 11.9 Å². The second kappa shape index (κ2) is 9.15. The van der Waals surface area contributed by atoms with Crippen LogP contribution in [0.2, 0.25) is 0 Å². The second-order valence-corrected chi connectivity index (χ2v) is 7.76. The highest BCUT2D eigenvalue weighted by molar-refractivity contribution is 5.89. The van der Waals surface area contributed by atoms with Gasteiger partial charge in [0.25, 0.3) is 0 Å². The van der Waals surface area contributed by atoms with Crippen molar-refractivity contribution in [3.8, 4) is 0 Å². The first-order chi connectivity index (χ1) is 12.7. The summed E-state index contributed by atoms with van der Waals surface area (Å²) in [5.74, 6) is -1.66. The molecule has 27 heavy (non-hydrogen) atoms. The smallest absolute Gasteiger partial charge is 0.328 e. The number of carbonyl (C=O) groups is 2. The number of carboxylic acids is 2. The summed E-state index contributed by atoms with van der Waals surface area (Å²) in [6, 6.07) is 11.9. The maximum absolute atomic E-state index is 9.55. The molecule has 2 atom stereocenters. The Kier molecular flexibility index (Phi) is 7.16. The highest BCUT2D eigenvalue weighted by Crippen LogP contribution is 2.39. The standard InChI is InChI=1S/C17H26N2.C4H4O4/c1-13(14-7-5-4-6-8-14)18-16-15-9-11-19(12-10-15)17(16,2)3;5-3(6)1-2-4(7)8/h4-8,13,15-16,18H,9-12H2,1-3H3;1-2H,(H,5,6)(H,7,8)/t13-,16-;/m1./s1. The Bertz CT molecular complexity index is 648. The summed E-state index contributed by atoms with van der Waals surface area (Å²) in [6.07, 6.45) is 3.84. The minimum atomic E-state index is -1.26. The number of aliphatic carboxylic acids is 2. The van der Waals surface area contributed by atoms with Gasteiger partial charge < -0.3 is 15.5 Å². The van der Waals surface area contributed by atoms with Gasteiger partial charge in [-0.2, -0.15) is 0 Å². The van der Waals surface area contributed by atoms with Crippen molar-refractivity contribution >= 4 is 11.9 Å². The molecule has 0 amide bonds. The van der Waals surface area contributed by atoms with E-state index in [0.29, 0.717) is 29.8 Å². The number of rotatable bonds is 5. The lowest BCUT2D eigenvalue weighted by Crippen LogP contribution is -2.68. The van der Waals surface area contributed by atoms with Crippen molar-refractivity contribution in [2.24, 2.45) is 5.92 Å². The monoisotopic (exact) mass is 374 g/mol. The molecule has 6 heteroatoms. The Morgan fingerprint density at radius 1 is 1.11 bits per heavy atom. The van der Waals surface area contributed by atoms with Crippen LogP contribution in [0.4, 0.5) is 0 Å². The van der Waals surface area contributed by atoms with E-state index in [1.807, 2.05) is 0 Å². The van der Waals surface area contributed by atoms with Gasteiger partial charge in [-0.05, 0) is 58.2 Å². The molecule has 3 aliphatic rings. The van der Waals surface area contributed by atoms with Gasteiger partial charge in [0.05, 0.1) is 0 Å². The molecular formula is C21H30N2O4. The van der Waals surface area contributed by atoms with Crippen LogP contribution in [-0.4, -0.2) is 51.7 Å². The molecule has 0 aromatic heterocycles. The Morgan fingerprint density at radius 3 is 2.07 bits per heavy atom. The first kappa shape index (κ1) is 21.1. The second-order valence-electron chi connectivity index (χ2n) is 7.76. The third kappa shape index (κ3) is 5.65. The van der Waals surface area contributed by atoms with Crippen molar-refractivity contribution in [3.63, 3.8) is 0 Å². The number of carboxylic acid groups (broad SMARTS) is 2. The normalized spacial score (nSPS) is 26.9. The van der Waals surface area contributed by atoms with E-state index in [9.17, 15) is 9.59 Å². The van der Waals surface area contributed by atoms with Gasteiger partial charge in [0.15, 0.2) is 0 Å². The van der Waals surface area contributed by atoms with Crippen molar-refractivity contribution in [2.45, 2.75) is 51.2 Å². The molecule has 1 aromatic rings. The highest BCUT2D eigenvalue weighted by atomic mass is 16.4. The van der Waals surface area contributed by atoms with Gasteiger partial charge in [0.1, 0.15) is 0 Å². The molecule has 0 radical (unpaired) electrons. The molecule has 6 nitrogen and oxygen atoms in total. The Morgan fingerprint density at radius 2 is 1.63 bits per heavy atom. The van der Waals surface area contributed by atoms with Crippen LogP contribution in [0.15, 0.2) is 42.5 Å². The summed E-state index contributed by atoms with van der Waals surface area (Å²) in [5, 5.41) is 19.5. The fourth-order valence-electron chi connectivity index (χ4n) is 4.17. The van der Waals surface area contributed by atoms with E-state index in [1.165, 1.54) is 31.5 Å². The highest BCUT2D eigenvalue weighted by Gasteiger charge is 2.47. The van der Waals surface area contributed by atoms with E-state index in [1.54, 1.807) is 0 Å². The predicted octanol–water partition coefficient (Wildman–Crippen LogP) is 2.92. The number of hydrogen-bond donors (Lipinski definition) is 3. The van der Waals surface area contributed by atoms with Crippen molar-refractivity contribution < 1.29 is 19.8 Å². The number of benzene rings is 1. The average Bonchev–Trinajstić information content (AvgIpc) is 2.64. The summed E-state index contributed by atoms with van der Waals surface area (Å²) in [7, 11) is 0. The lowest BCUT2D eigenvalue weighted by Gasteiger charge is -2.57. The van der Waals surface area contributed by atoms with Gasteiger partial charge in [0, 0.05) is 29.8 Å². The quantitative estimate of drug-likeness (QED) is 0.687. The van der Waals surface area contributed by atoms with Crippen LogP contribution in [-0.2, 0) is 9.59 Å². The summed E-state index contributed by atoms with van der Waals surface area (Å²) in [4.78, 5) is 21.8. The molecule has 4 rings (SSSR count). The van der Waals surface area contributed by atoms with Crippen molar-refractivity contribution in [2.75, 3.05) is 13.1 Å². The first-order valence-electron chi connectivity index (χ1n) is 9.41. The van der Waals surface area contributed by atoms with Gasteiger partial charge in [-0.3, -0.25) is 4.90 Å². The van der Waals surface area contributed by atoms with Crippen molar-refractivity contribution in [1.29, 1.82) is 0 Å². The van der Waals surface area contributed by atoms with Gasteiger partial charge >= 0.3 is 11.9 Å². The zero-order valence-electron chi connectivity index (χ0n) is 16.3. The Hall–Kier alpha value is -2.18. The number of piperidine rings is 3. The van der Waals surface area contributed by atoms with Crippen LogP contribution < -0.4 is 5.32 Å². The van der Waals surface area contributed by atoms with Gasteiger partial charge in [0.2, 0.25) is 0 Å². The molecular weight excluding hydrogens is 344 g/mol. The SMILES string of the molecule is C[C@@H](N[C@@H]1C2CCN(CC2)C1(C)C)c1ccccc1.O=C(O)C=CC(=O)O. The molecule has 0 unspecified atom stereocenters. The molecule has 1 aromatic carbocycles. The van der Waals surface area contributed by atoms with Crippen LogP contribution in [0.3, 0.4) is 0 Å². The number of hydrogen-bond acceptors (Lipinski definition) is 4. The molecule has 3 N–H and O–H groups in total. The van der Waals surface area contributed by atoms with E-state index in [2.05, 4.69) is 61.3 Å². The molecule has 3 saturated heterocycles. The molecule has 3 heterocycles. The fourth-order valence-corrected chi connectivity index (χ4v) is 4.17. The van der Waals surface area contributed by atoms with E-state index >= 15 is 0 Å². The Labute approximate surface area is 160 Å². The summed E-state index contributed by atoms with van der Waals surface area (Å²) in [6.45, 7) is 9.69. The first-order valence-corrected chi connectivity index (χ1v) is 9.41. The lowest BCUT2D eigenvalue weighted by molar-refractivity contribution is -0.134. The van der Waals surface area contributed by atoms with Crippen molar-refractivity contribution in [3.05, 3.63) is 48.0 Å². The summed E-state index contributed by atoms with van der Waals surface area (Å²) in [5.41, 5.74) is 1.69. The molecule has 0 spiro atoms. The van der Waals surface area contributed by atoms with Crippen LogP contribution >= 0.6 is 0 Å². The van der Waals surface area contributed by atoms with Gasteiger partial charge in [-0.15, -0.1) is 0 Å². The average molecular weight is 374 g/mol. The maximum Gasteiger partial charge on any atom is 0.328 e. The van der Waals surface area contributed by atoms with Crippen LogP contribution in [0.1, 0.15) is 45.2 Å². The fraction of sp³-hybridized carbons (Fsp3) is 0.524. The zero-order valence-corrected chi connectivity index (χ0v) is 16.3. The minimum Gasteiger partial charge on any atom is -0.478 e. The number of nitrogens with zero attached hydrogens (tertiary/aromatic N) is 1. The van der Waals surface area contributed by atoms with Gasteiger partial charge in [-0.25, -0.2) is 9.59 Å². The van der Waals surface area contributed by atoms with Crippen LogP contribution in [0, 0.1) is 5.92 Å². The molecule has 3 fully saturated rings. The van der Waals surface area contributed by atoms with E-state index in [0.717, 1.165) is 5.92 Å². The van der Waals surface area contributed by atoms with Crippen LogP contribution in [0.5, 0.6) is 0 Å². The molecule has 3 aliphatic heterocycles. The molecule has 2 bridgehead atoms. The number of fused-ring (bicyclic) bond motifs is 3. The molecule has 0 aliphatic carbocycles. The third-order valence-electron chi connectivity index (χ3n) is 5.68. The topological polar surface area (TPSA) is 89.9 Å².